The average Bonchev–Trinajstić information content (AvgIpc) is 2.78. The van der Waals surface area contributed by atoms with Crippen LogP contribution in [0.2, 0.25) is 0 Å². The molecule has 0 aromatic heterocycles. The number of carbonyl (C=O) groups excluding carboxylic acids is 1. The van der Waals surface area contributed by atoms with Gasteiger partial charge in [0.2, 0.25) is 0 Å². The molecule has 6 heteroatoms. The van der Waals surface area contributed by atoms with Crippen LogP contribution >= 0.6 is 0 Å². The Bertz CT molecular complexity index is 759. The average molecular weight is 412 g/mol. The Morgan fingerprint density at radius 2 is 1.60 bits per heavy atom. The van der Waals surface area contributed by atoms with Gasteiger partial charge in [0.15, 0.2) is 6.61 Å². The minimum atomic E-state index is -0.121. The maximum atomic E-state index is 12.6. The number of ether oxygens (including phenoxy) is 2. The Morgan fingerprint density at radius 1 is 0.967 bits per heavy atom. The lowest BCUT2D eigenvalue weighted by molar-refractivity contribution is -0.124. The Labute approximate surface area is 179 Å². The first-order chi connectivity index (χ1) is 14.6. The van der Waals surface area contributed by atoms with Crippen molar-refractivity contribution in [3.8, 4) is 11.5 Å². The fraction of sp³-hybridized carbons (Fsp3) is 0.458. The predicted molar refractivity (Wildman–Crippen MR) is 119 cm³/mol. The molecule has 0 saturated carbocycles. The highest BCUT2D eigenvalue weighted by molar-refractivity contribution is 5.78. The van der Waals surface area contributed by atoms with E-state index < -0.39 is 0 Å². The van der Waals surface area contributed by atoms with E-state index in [1.54, 1.807) is 0 Å². The van der Waals surface area contributed by atoms with Crippen LogP contribution in [0.1, 0.15) is 24.9 Å². The van der Waals surface area contributed by atoms with Gasteiger partial charge in [-0.2, -0.15) is 0 Å². The molecule has 3 rings (SSSR count). The van der Waals surface area contributed by atoms with Crippen LogP contribution < -0.4 is 14.8 Å². The lowest BCUT2D eigenvalue weighted by atomic mass is 10.1. The van der Waals surface area contributed by atoms with Crippen molar-refractivity contribution in [2.45, 2.75) is 19.4 Å². The highest BCUT2D eigenvalue weighted by Crippen LogP contribution is 2.18. The van der Waals surface area contributed by atoms with Crippen molar-refractivity contribution < 1.29 is 14.3 Å². The van der Waals surface area contributed by atoms with Gasteiger partial charge in [0, 0.05) is 32.7 Å². The second-order valence-electron chi connectivity index (χ2n) is 7.74. The van der Waals surface area contributed by atoms with Crippen molar-refractivity contribution in [3.05, 3.63) is 60.2 Å². The van der Waals surface area contributed by atoms with Crippen molar-refractivity contribution in [1.82, 2.24) is 15.1 Å². The van der Waals surface area contributed by atoms with Crippen LogP contribution in [0.3, 0.4) is 0 Å². The summed E-state index contributed by atoms with van der Waals surface area (Å²) >= 11 is 0. The molecule has 1 fully saturated rings. The third kappa shape index (κ3) is 7.04. The Hall–Kier alpha value is -2.57. The maximum absolute atomic E-state index is 12.6. The van der Waals surface area contributed by atoms with Crippen molar-refractivity contribution in [2.24, 2.45) is 0 Å². The summed E-state index contributed by atoms with van der Waals surface area (Å²) in [7, 11) is 2.15. The van der Waals surface area contributed by atoms with E-state index >= 15 is 0 Å². The number of nitrogens with zero attached hydrogens (tertiary/aromatic N) is 2. The van der Waals surface area contributed by atoms with Gasteiger partial charge in [-0.3, -0.25) is 9.69 Å². The van der Waals surface area contributed by atoms with Gasteiger partial charge in [-0.05, 0) is 43.3 Å². The molecule has 0 radical (unpaired) electrons. The number of rotatable bonds is 10. The van der Waals surface area contributed by atoms with Crippen LogP contribution in [0.25, 0.3) is 0 Å². The molecule has 1 unspecified atom stereocenters. The van der Waals surface area contributed by atoms with Gasteiger partial charge >= 0.3 is 0 Å². The van der Waals surface area contributed by atoms with Gasteiger partial charge in [0.05, 0.1) is 12.6 Å². The SMILES string of the molecule is CCCOc1ccc(OCC(=O)NC(CN2CCN(C)CC2)c2ccccc2)cc1. The molecule has 30 heavy (non-hydrogen) atoms. The Morgan fingerprint density at radius 3 is 2.23 bits per heavy atom. The lowest BCUT2D eigenvalue weighted by Crippen LogP contribution is -2.48. The summed E-state index contributed by atoms with van der Waals surface area (Å²) in [6, 6.07) is 17.5. The first-order valence-corrected chi connectivity index (χ1v) is 10.7. The number of likely N-dealkylation sites (N-methyl/N-ethyl adjacent to an activating group) is 1. The van der Waals surface area contributed by atoms with E-state index in [0.29, 0.717) is 12.4 Å². The molecule has 0 spiro atoms. The number of benzene rings is 2. The molecule has 2 aromatic rings. The zero-order chi connectivity index (χ0) is 21.2. The van der Waals surface area contributed by atoms with E-state index in [9.17, 15) is 4.79 Å². The van der Waals surface area contributed by atoms with Gasteiger partial charge in [-0.15, -0.1) is 0 Å². The molecule has 1 aliphatic rings. The van der Waals surface area contributed by atoms with E-state index in [-0.39, 0.29) is 18.6 Å². The molecule has 1 heterocycles. The highest BCUT2D eigenvalue weighted by atomic mass is 16.5. The molecule has 1 saturated heterocycles. The fourth-order valence-corrected chi connectivity index (χ4v) is 3.45. The lowest BCUT2D eigenvalue weighted by Gasteiger charge is -2.35. The summed E-state index contributed by atoms with van der Waals surface area (Å²) < 4.78 is 11.3. The summed E-state index contributed by atoms with van der Waals surface area (Å²) in [5.74, 6) is 1.35. The molecule has 1 amide bonds. The number of hydrogen-bond acceptors (Lipinski definition) is 5. The molecule has 1 atom stereocenters. The molecule has 0 bridgehead atoms. The van der Waals surface area contributed by atoms with Crippen molar-refractivity contribution >= 4 is 5.91 Å². The van der Waals surface area contributed by atoms with Crippen LogP contribution in [-0.4, -0.2) is 68.7 Å². The largest absolute Gasteiger partial charge is 0.494 e. The van der Waals surface area contributed by atoms with E-state index in [2.05, 4.69) is 41.2 Å². The molecule has 0 aliphatic carbocycles. The number of nitrogens with one attached hydrogen (secondary N) is 1. The Kier molecular flexibility index (Phi) is 8.53. The summed E-state index contributed by atoms with van der Waals surface area (Å²) in [6.45, 7) is 7.68. The number of hydrogen-bond donors (Lipinski definition) is 1. The summed E-state index contributed by atoms with van der Waals surface area (Å²) in [6.07, 6.45) is 0.967. The van der Waals surface area contributed by atoms with E-state index in [0.717, 1.165) is 50.5 Å². The number of carbonyl (C=O) groups is 1. The van der Waals surface area contributed by atoms with Gasteiger partial charge < -0.3 is 19.7 Å². The highest BCUT2D eigenvalue weighted by Gasteiger charge is 2.21. The molecular weight excluding hydrogens is 378 g/mol. The first-order valence-electron chi connectivity index (χ1n) is 10.7. The standard InChI is InChI=1S/C24H33N3O3/c1-3-17-29-21-9-11-22(12-10-21)30-19-24(28)25-23(20-7-5-4-6-8-20)18-27-15-13-26(2)14-16-27/h4-12,23H,3,13-19H2,1-2H3,(H,25,28). The Balaban J connectivity index is 1.53. The van der Waals surface area contributed by atoms with Crippen molar-refractivity contribution in [2.75, 3.05) is 53.0 Å². The topological polar surface area (TPSA) is 54.0 Å². The third-order valence-electron chi connectivity index (χ3n) is 5.24. The molecular formula is C24H33N3O3. The van der Waals surface area contributed by atoms with Crippen LogP contribution in [0.4, 0.5) is 0 Å². The van der Waals surface area contributed by atoms with Crippen LogP contribution in [0, 0.1) is 0 Å². The predicted octanol–water partition coefficient (Wildman–Crippen LogP) is 2.96. The van der Waals surface area contributed by atoms with E-state index in [1.807, 2.05) is 42.5 Å². The second kappa shape index (κ2) is 11.6. The molecule has 162 valence electrons. The molecule has 1 aliphatic heterocycles. The summed E-state index contributed by atoms with van der Waals surface area (Å²) in [5, 5.41) is 3.16. The van der Waals surface area contributed by atoms with Gasteiger partial charge in [0.25, 0.3) is 5.91 Å². The van der Waals surface area contributed by atoms with Crippen LogP contribution in [0.15, 0.2) is 54.6 Å². The van der Waals surface area contributed by atoms with Crippen LogP contribution in [-0.2, 0) is 4.79 Å². The van der Waals surface area contributed by atoms with Crippen LogP contribution in [0.5, 0.6) is 11.5 Å². The number of piperazine rings is 1. The zero-order valence-corrected chi connectivity index (χ0v) is 18.0. The van der Waals surface area contributed by atoms with E-state index in [1.165, 1.54) is 0 Å². The molecule has 2 aromatic carbocycles. The molecule has 6 nitrogen and oxygen atoms in total. The van der Waals surface area contributed by atoms with Crippen molar-refractivity contribution in [3.63, 3.8) is 0 Å². The number of amides is 1. The minimum absolute atomic E-state index is 0.0127. The normalized spacial score (nSPS) is 16.1. The zero-order valence-electron chi connectivity index (χ0n) is 18.0. The third-order valence-corrected chi connectivity index (χ3v) is 5.24. The smallest absolute Gasteiger partial charge is 0.258 e. The van der Waals surface area contributed by atoms with Gasteiger partial charge in [0.1, 0.15) is 11.5 Å². The summed E-state index contributed by atoms with van der Waals surface area (Å²) in [4.78, 5) is 17.4. The first kappa shape index (κ1) is 22.1. The monoisotopic (exact) mass is 411 g/mol. The second-order valence-corrected chi connectivity index (χ2v) is 7.74. The maximum Gasteiger partial charge on any atom is 0.258 e. The van der Waals surface area contributed by atoms with E-state index in [4.69, 9.17) is 9.47 Å². The van der Waals surface area contributed by atoms with Crippen molar-refractivity contribution in [1.29, 1.82) is 0 Å². The quantitative estimate of drug-likeness (QED) is 0.652. The molecule has 1 N–H and O–H groups in total. The summed E-state index contributed by atoms with van der Waals surface area (Å²) in [5.41, 5.74) is 1.11. The van der Waals surface area contributed by atoms with Gasteiger partial charge in [-0.25, -0.2) is 0 Å². The fourth-order valence-electron chi connectivity index (χ4n) is 3.45. The minimum Gasteiger partial charge on any atom is -0.494 e. The van der Waals surface area contributed by atoms with Gasteiger partial charge in [-0.1, -0.05) is 37.3 Å².